The second-order valence-electron chi connectivity index (χ2n) is 5.05. The molecule has 0 atom stereocenters. The van der Waals surface area contributed by atoms with E-state index in [0.29, 0.717) is 0 Å². The van der Waals surface area contributed by atoms with Gasteiger partial charge in [-0.1, -0.05) is 30.1 Å². The Kier molecular flexibility index (Phi) is 5.32. The number of anilines is 1. The van der Waals surface area contributed by atoms with E-state index in [1.54, 1.807) is 6.92 Å². The standard InChI is InChI=1S/C12H18Cl2N2O3S/c1-4-16(7-12(2,3)17)20(18,19)11-9(14)5-8(13)6-10(11)15/h5-6,17H,4,7,15H2,1-3H3. The summed E-state index contributed by atoms with van der Waals surface area (Å²) in [7, 11) is -3.90. The van der Waals surface area contributed by atoms with Crippen LogP contribution in [0.4, 0.5) is 5.69 Å². The van der Waals surface area contributed by atoms with E-state index in [0.717, 1.165) is 4.31 Å². The fourth-order valence-electron chi connectivity index (χ4n) is 1.78. The average Bonchev–Trinajstić information content (AvgIpc) is 2.22. The summed E-state index contributed by atoms with van der Waals surface area (Å²) in [5.74, 6) is 0. The minimum atomic E-state index is -3.90. The van der Waals surface area contributed by atoms with Crippen molar-refractivity contribution >= 4 is 38.9 Å². The lowest BCUT2D eigenvalue weighted by atomic mass is 10.1. The van der Waals surface area contributed by atoms with Crippen LogP contribution >= 0.6 is 23.2 Å². The molecular weight excluding hydrogens is 323 g/mol. The molecule has 0 heterocycles. The molecule has 1 aromatic rings. The van der Waals surface area contributed by atoms with Crippen molar-refractivity contribution in [3.63, 3.8) is 0 Å². The molecule has 114 valence electrons. The number of aliphatic hydroxyl groups is 1. The number of nitrogens with zero attached hydrogens (tertiary/aromatic N) is 1. The highest BCUT2D eigenvalue weighted by molar-refractivity contribution is 7.89. The summed E-state index contributed by atoms with van der Waals surface area (Å²) in [6.45, 7) is 4.84. The Bertz CT molecular complexity index is 574. The lowest BCUT2D eigenvalue weighted by Gasteiger charge is -2.28. The summed E-state index contributed by atoms with van der Waals surface area (Å²) in [4.78, 5) is -0.185. The Labute approximate surface area is 129 Å². The van der Waals surface area contributed by atoms with Gasteiger partial charge in [-0.15, -0.1) is 0 Å². The molecule has 20 heavy (non-hydrogen) atoms. The molecule has 0 aliphatic rings. The maximum absolute atomic E-state index is 12.6. The van der Waals surface area contributed by atoms with E-state index >= 15 is 0 Å². The van der Waals surface area contributed by atoms with Gasteiger partial charge in [0.2, 0.25) is 10.0 Å². The zero-order valence-electron chi connectivity index (χ0n) is 11.5. The van der Waals surface area contributed by atoms with Crippen molar-refractivity contribution in [1.29, 1.82) is 0 Å². The third kappa shape index (κ3) is 3.99. The molecule has 1 aromatic carbocycles. The highest BCUT2D eigenvalue weighted by Crippen LogP contribution is 2.33. The van der Waals surface area contributed by atoms with E-state index < -0.39 is 15.6 Å². The Morgan fingerprint density at radius 2 is 1.90 bits per heavy atom. The van der Waals surface area contributed by atoms with Gasteiger partial charge in [0, 0.05) is 18.1 Å². The highest BCUT2D eigenvalue weighted by atomic mass is 35.5. The van der Waals surface area contributed by atoms with Crippen molar-refractivity contribution in [3.05, 3.63) is 22.2 Å². The van der Waals surface area contributed by atoms with E-state index in [1.165, 1.54) is 26.0 Å². The molecule has 0 aliphatic carbocycles. The zero-order chi connectivity index (χ0) is 15.7. The summed E-state index contributed by atoms with van der Waals surface area (Å²) in [5.41, 5.74) is 4.54. The van der Waals surface area contributed by atoms with Gasteiger partial charge in [0.25, 0.3) is 0 Å². The molecule has 3 N–H and O–H groups in total. The zero-order valence-corrected chi connectivity index (χ0v) is 13.8. The van der Waals surface area contributed by atoms with Crippen LogP contribution in [0.1, 0.15) is 20.8 Å². The number of nitrogen functional groups attached to an aromatic ring is 1. The van der Waals surface area contributed by atoms with Crippen molar-refractivity contribution in [2.75, 3.05) is 18.8 Å². The lowest BCUT2D eigenvalue weighted by molar-refractivity contribution is 0.0601. The van der Waals surface area contributed by atoms with Gasteiger partial charge in [0.1, 0.15) is 4.90 Å². The van der Waals surface area contributed by atoms with Crippen LogP contribution in [0, 0.1) is 0 Å². The quantitative estimate of drug-likeness (QED) is 0.806. The highest BCUT2D eigenvalue weighted by Gasteiger charge is 2.31. The molecule has 0 saturated carbocycles. The Morgan fingerprint density at radius 3 is 2.30 bits per heavy atom. The molecule has 0 spiro atoms. The topological polar surface area (TPSA) is 83.6 Å². The summed E-state index contributed by atoms with van der Waals surface area (Å²) in [5, 5.41) is 10.0. The van der Waals surface area contributed by atoms with E-state index in [1.807, 2.05) is 0 Å². The summed E-state index contributed by atoms with van der Waals surface area (Å²) >= 11 is 11.7. The predicted octanol–water partition coefficient (Wildman–Crippen LogP) is 2.36. The molecule has 0 saturated heterocycles. The molecular formula is C12H18Cl2N2O3S. The van der Waals surface area contributed by atoms with Crippen LogP contribution in [0.5, 0.6) is 0 Å². The molecule has 0 radical (unpaired) electrons. The van der Waals surface area contributed by atoms with E-state index in [2.05, 4.69) is 0 Å². The first-order chi connectivity index (χ1) is 8.99. The Morgan fingerprint density at radius 1 is 1.35 bits per heavy atom. The number of hydrogen-bond acceptors (Lipinski definition) is 4. The minimum Gasteiger partial charge on any atom is -0.398 e. The number of likely N-dealkylation sites (N-methyl/N-ethyl adjacent to an activating group) is 1. The van der Waals surface area contributed by atoms with Crippen LogP contribution in [0.3, 0.4) is 0 Å². The van der Waals surface area contributed by atoms with Crippen molar-refractivity contribution in [2.45, 2.75) is 31.3 Å². The molecule has 0 unspecified atom stereocenters. The third-order valence-electron chi connectivity index (χ3n) is 2.55. The largest absolute Gasteiger partial charge is 0.398 e. The third-order valence-corrected chi connectivity index (χ3v) is 5.22. The van der Waals surface area contributed by atoms with Gasteiger partial charge >= 0.3 is 0 Å². The SMILES string of the molecule is CCN(CC(C)(C)O)S(=O)(=O)c1c(N)cc(Cl)cc1Cl. The number of hydrogen-bond donors (Lipinski definition) is 2. The van der Waals surface area contributed by atoms with Crippen molar-refractivity contribution < 1.29 is 13.5 Å². The van der Waals surface area contributed by atoms with Crippen LogP contribution in [-0.2, 0) is 10.0 Å². The first-order valence-electron chi connectivity index (χ1n) is 5.96. The van der Waals surface area contributed by atoms with Crippen LogP contribution in [0.2, 0.25) is 10.0 Å². The molecule has 0 fully saturated rings. The molecule has 0 aliphatic heterocycles. The number of nitrogens with two attached hydrogens (primary N) is 1. The van der Waals surface area contributed by atoms with E-state index in [-0.39, 0.29) is 33.7 Å². The maximum Gasteiger partial charge on any atom is 0.246 e. The van der Waals surface area contributed by atoms with Crippen LogP contribution < -0.4 is 5.73 Å². The second-order valence-corrected chi connectivity index (χ2v) is 7.77. The molecule has 0 amide bonds. The molecule has 5 nitrogen and oxygen atoms in total. The summed E-state index contributed by atoms with van der Waals surface area (Å²) in [6.07, 6.45) is 0. The average molecular weight is 341 g/mol. The number of sulfonamides is 1. The van der Waals surface area contributed by atoms with Crippen LogP contribution in [0.15, 0.2) is 17.0 Å². The second kappa shape index (κ2) is 6.07. The molecule has 8 heteroatoms. The van der Waals surface area contributed by atoms with E-state index in [9.17, 15) is 13.5 Å². The maximum atomic E-state index is 12.6. The number of benzene rings is 1. The Balaban J connectivity index is 3.35. The van der Waals surface area contributed by atoms with Crippen LogP contribution in [-0.4, -0.2) is 36.5 Å². The molecule has 0 aromatic heterocycles. The van der Waals surface area contributed by atoms with Crippen molar-refractivity contribution in [3.8, 4) is 0 Å². The number of rotatable bonds is 5. The molecule has 0 bridgehead atoms. The van der Waals surface area contributed by atoms with Gasteiger partial charge in [0.15, 0.2) is 0 Å². The van der Waals surface area contributed by atoms with Crippen LogP contribution in [0.25, 0.3) is 0 Å². The first-order valence-corrected chi connectivity index (χ1v) is 8.15. The van der Waals surface area contributed by atoms with Gasteiger partial charge in [-0.05, 0) is 26.0 Å². The van der Waals surface area contributed by atoms with Crippen molar-refractivity contribution in [2.24, 2.45) is 0 Å². The smallest absolute Gasteiger partial charge is 0.246 e. The van der Waals surface area contributed by atoms with Crippen molar-refractivity contribution in [1.82, 2.24) is 4.31 Å². The van der Waals surface area contributed by atoms with E-state index in [4.69, 9.17) is 28.9 Å². The molecule has 1 rings (SSSR count). The fraction of sp³-hybridized carbons (Fsp3) is 0.500. The normalized spacial score (nSPS) is 12.9. The predicted molar refractivity (Wildman–Crippen MR) is 81.6 cm³/mol. The van der Waals surface area contributed by atoms with Gasteiger partial charge < -0.3 is 10.8 Å². The van der Waals surface area contributed by atoms with Gasteiger partial charge in [-0.2, -0.15) is 4.31 Å². The lowest BCUT2D eigenvalue weighted by Crippen LogP contribution is -2.42. The summed E-state index contributed by atoms with van der Waals surface area (Å²) in [6, 6.07) is 2.66. The fourth-order valence-corrected chi connectivity index (χ4v) is 4.33. The van der Waals surface area contributed by atoms with Gasteiger partial charge in [0.05, 0.1) is 16.3 Å². The summed E-state index contributed by atoms with van der Waals surface area (Å²) < 4.78 is 26.3. The Hall–Kier alpha value is -0.530. The first kappa shape index (κ1) is 17.5. The minimum absolute atomic E-state index is 0.0169. The number of halogens is 2. The van der Waals surface area contributed by atoms with Gasteiger partial charge in [-0.25, -0.2) is 8.42 Å². The van der Waals surface area contributed by atoms with Gasteiger partial charge in [-0.3, -0.25) is 0 Å². The monoisotopic (exact) mass is 340 g/mol.